The van der Waals surface area contributed by atoms with Gasteiger partial charge in [-0.1, -0.05) is 36.5 Å². The van der Waals surface area contributed by atoms with Gasteiger partial charge < -0.3 is 5.32 Å². The number of benzene rings is 1. The van der Waals surface area contributed by atoms with E-state index in [4.69, 9.17) is 12.2 Å². The van der Waals surface area contributed by atoms with Crippen LogP contribution in [0, 0.1) is 5.82 Å². The number of carbonyl (C=O) groups is 2. The Kier molecular flexibility index (Phi) is 6.96. The minimum atomic E-state index is -0.321. The molecule has 0 saturated heterocycles. The first kappa shape index (κ1) is 18.2. The summed E-state index contributed by atoms with van der Waals surface area (Å²) in [6.07, 6.45) is 3.43. The second-order valence-corrected chi connectivity index (χ2v) is 6.71. The van der Waals surface area contributed by atoms with E-state index in [1.54, 1.807) is 18.2 Å². The first-order valence-corrected chi connectivity index (χ1v) is 8.59. The van der Waals surface area contributed by atoms with E-state index in [2.05, 4.69) is 5.32 Å². The van der Waals surface area contributed by atoms with Gasteiger partial charge in [-0.05, 0) is 35.2 Å². The maximum absolute atomic E-state index is 12.8. The topological polar surface area (TPSA) is 46.2 Å². The lowest BCUT2D eigenvalue weighted by Crippen LogP contribution is -2.30. The minimum absolute atomic E-state index is 0.0896. The van der Waals surface area contributed by atoms with Gasteiger partial charge in [-0.2, -0.15) is 0 Å². The Labute approximate surface area is 149 Å². The molecule has 0 radical (unpaired) electrons. The Morgan fingerprint density at radius 3 is 2.62 bits per heavy atom. The molecule has 1 N–H and O–H groups in total. The highest BCUT2D eigenvalue weighted by Crippen LogP contribution is 2.08. The monoisotopic (exact) mass is 361 g/mol. The number of rotatable bonds is 8. The molecule has 1 aromatic heterocycles. The first-order chi connectivity index (χ1) is 11.5. The summed E-state index contributed by atoms with van der Waals surface area (Å²) < 4.78 is 12.8. The zero-order valence-corrected chi connectivity index (χ0v) is 14.5. The number of amides is 1. The summed E-state index contributed by atoms with van der Waals surface area (Å²) in [4.78, 5) is 25.0. The molecule has 1 amide bonds. The van der Waals surface area contributed by atoms with Gasteiger partial charge in [0.25, 0.3) is 0 Å². The third-order valence-electron chi connectivity index (χ3n) is 3.10. The summed E-state index contributed by atoms with van der Waals surface area (Å²) >= 11 is 6.65. The van der Waals surface area contributed by atoms with Crippen LogP contribution < -0.4 is 5.32 Å². The smallest absolute Gasteiger partial charge is 0.225 e. The van der Waals surface area contributed by atoms with Crippen molar-refractivity contribution in [2.45, 2.75) is 12.8 Å². The number of nitrogens with one attached hydrogen (secondary N) is 1. The predicted molar refractivity (Wildman–Crippen MR) is 98.7 cm³/mol. The summed E-state index contributed by atoms with van der Waals surface area (Å²) in [6, 6.07) is 9.62. The Morgan fingerprint density at radius 1 is 1.21 bits per heavy atom. The van der Waals surface area contributed by atoms with E-state index in [1.165, 1.54) is 29.5 Å². The number of hydrogen-bond acceptors (Lipinski definition) is 4. The molecule has 3 nitrogen and oxygen atoms in total. The second kappa shape index (κ2) is 9.20. The summed E-state index contributed by atoms with van der Waals surface area (Å²) in [6.45, 7) is 0.204. The summed E-state index contributed by atoms with van der Waals surface area (Å²) in [5, 5.41) is 4.63. The second-order valence-electron chi connectivity index (χ2n) is 5.10. The Bertz CT molecular complexity index is 737. The molecule has 0 saturated carbocycles. The van der Waals surface area contributed by atoms with Crippen LogP contribution in [-0.4, -0.2) is 23.1 Å². The summed E-state index contributed by atoms with van der Waals surface area (Å²) in [7, 11) is 0. The molecular formula is C18H16FNO2S2. The zero-order valence-electron chi connectivity index (χ0n) is 12.8. The minimum Gasteiger partial charge on any atom is -0.351 e. The van der Waals surface area contributed by atoms with Gasteiger partial charge in [-0.25, -0.2) is 4.39 Å². The standard InChI is InChI=1S/C18H16FNO2S2/c19-14-6-3-13(4-7-14)5-8-15(21)10-16(23)12-20-18(22)11-17-2-1-9-24-17/h1-9H,10-12H2,(H,20,22)/b8-5+. The molecule has 0 fully saturated rings. The Balaban J connectivity index is 1.72. The average Bonchev–Trinajstić information content (AvgIpc) is 3.05. The van der Waals surface area contributed by atoms with Crippen LogP contribution in [0.3, 0.4) is 0 Å². The highest BCUT2D eigenvalue weighted by molar-refractivity contribution is 7.80. The van der Waals surface area contributed by atoms with Crippen molar-refractivity contribution in [2.75, 3.05) is 6.54 Å². The fourth-order valence-electron chi connectivity index (χ4n) is 1.91. The third kappa shape index (κ3) is 6.52. The van der Waals surface area contributed by atoms with Crippen molar-refractivity contribution in [2.24, 2.45) is 0 Å². The molecule has 0 aliphatic rings. The molecule has 124 valence electrons. The molecule has 0 bridgehead atoms. The summed E-state index contributed by atoms with van der Waals surface area (Å²) in [5.74, 6) is -0.594. The molecule has 0 atom stereocenters. The number of allylic oxidation sites excluding steroid dienone is 1. The van der Waals surface area contributed by atoms with Crippen LogP contribution in [0.5, 0.6) is 0 Å². The maximum atomic E-state index is 12.8. The van der Waals surface area contributed by atoms with Crippen molar-refractivity contribution in [1.82, 2.24) is 5.32 Å². The average molecular weight is 361 g/mol. The lowest BCUT2D eigenvalue weighted by molar-refractivity contribution is -0.120. The van der Waals surface area contributed by atoms with Crippen molar-refractivity contribution < 1.29 is 14.0 Å². The number of thiocarbonyl (C=S) groups is 1. The normalized spacial score (nSPS) is 10.7. The summed E-state index contributed by atoms with van der Waals surface area (Å²) in [5.41, 5.74) is 0.736. The van der Waals surface area contributed by atoms with Gasteiger partial charge in [0.2, 0.25) is 5.91 Å². The molecule has 2 aromatic rings. The quantitative estimate of drug-likeness (QED) is 0.577. The molecular weight excluding hydrogens is 345 g/mol. The van der Waals surface area contributed by atoms with Crippen LogP contribution in [-0.2, 0) is 16.0 Å². The van der Waals surface area contributed by atoms with Crippen molar-refractivity contribution in [3.05, 3.63) is 64.1 Å². The van der Waals surface area contributed by atoms with E-state index >= 15 is 0 Å². The van der Waals surface area contributed by atoms with Crippen molar-refractivity contribution in [1.29, 1.82) is 0 Å². The number of hydrogen-bond donors (Lipinski definition) is 1. The van der Waals surface area contributed by atoms with E-state index in [0.717, 1.165) is 10.4 Å². The van der Waals surface area contributed by atoms with Crippen LogP contribution in [0.25, 0.3) is 6.08 Å². The molecule has 0 spiro atoms. The van der Waals surface area contributed by atoms with Gasteiger partial charge in [0.05, 0.1) is 6.42 Å². The third-order valence-corrected chi connectivity index (χ3v) is 4.27. The Hall–Kier alpha value is -2.18. The Morgan fingerprint density at radius 2 is 1.96 bits per heavy atom. The highest BCUT2D eigenvalue weighted by Gasteiger charge is 2.07. The molecule has 24 heavy (non-hydrogen) atoms. The van der Waals surface area contributed by atoms with Crippen LogP contribution in [0.1, 0.15) is 16.9 Å². The first-order valence-electron chi connectivity index (χ1n) is 7.30. The molecule has 0 aliphatic carbocycles. The van der Waals surface area contributed by atoms with Crippen molar-refractivity contribution in [3.8, 4) is 0 Å². The van der Waals surface area contributed by atoms with E-state index in [-0.39, 0.29) is 30.5 Å². The fourth-order valence-corrected chi connectivity index (χ4v) is 2.83. The van der Waals surface area contributed by atoms with E-state index in [1.807, 2.05) is 17.5 Å². The lowest BCUT2D eigenvalue weighted by atomic mass is 10.1. The van der Waals surface area contributed by atoms with E-state index < -0.39 is 0 Å². The molecule has 1 aromatic carbocycles. The SMILES string of the molecule is O=C(/C=C/c1ccc(F)cc1)CC(=S)CNC(=O)Cc1cccs1. The molecule has 1 heterocycles. The van der Waals surface area contributed by atoms with Gasteiger partial charge in [0, 0.05) is 22.7 Å². The fraction of sp³-hybridized carbons (Fsp3) is 0.167. The van der Waals surface area contributed by atoms with Gasteiger partial charge in [-0.3, -0.25) is 9.59 Å². The molecule has 2 rings (SSSR count). The van der Waals surface area contributed by atoms with Crippen LogP contribution >= 0.6 is 23.6 Å². The number of halogens is 1. The van der Waals surface area contributed by atoms with Crippen molar-refractivity contribution >= 4 is 46.2 Å². The predicted octanol–water partition coefficient (Wildman–Crippen LogP) is 3.59. The molecule has 0 unspecified atom stereocenters. The van der Waals surface area contributed by atoms with Gasteiger partial charge in [0.15, 0.2) is 5.78 Å². The molecule has 0 aliphatic heterocycles. The largest absolute Gasteiger partial charge is 0.351 e. The number of ketones is 1. The zero-order chi connectivity index (χ0) is 17.4. The van der Waals surface area contributed by atoms with E-state index in [9.17, 15) is 14.0 Å². The van der Waals surface area contributed by atoms with Gasteiger partial charge in [-0.15, -0.1) is 11.3 Å². The molecule has 6 heteroatoms. The highest BCUT2D eigenvalue weighted by atomic mass is 32.1. The lowest BCUT2D eigenvalue weighted by Gasteiger charge is -2.04. The van der Waals surface area contributed by atoms with Gasteiger partial charge in [0.1, 0.15) is 5.82 Å². The van der Waals surface area contributed by atoms with Crippen LogP contribution in [0.2, 0.25) is 0 Å². The van der Waals surface area contributed by atoms with Crippen molar-refractivity contribution in [3.63, 3.8) is 0 Å². The van der Waals surface area contributed by atoms with Crippen LogP contribution in [0.4, 0.5) is 4.39 Å². The maximum Gasteiger partial charge on any atom is 0.225 e. The van der Waals surface area contributed by atoms with E-state index in [0.29, 0.717) is 11.3 Å². The van der Waals surface area contributed by atoms with Crippen LogP contribution in [0.15, 0.2) is 47.9 Å². The van der Waals surface area contributed by atoms with Gasteiger partial charge >= 0.3 is 0 Å². The number of carbonyl (C=O) groups excluding carboxylic acids is 2. The number of thiophene rings is 1.